The fraction of sp³-hybridized carbons (Fsp3) is 0.312. The number of likely N-dealkylation sites (N-methyl/N-ethyl adjacent to an activating group) is 1. The van der Waals surface area contributed by atoms with Crippen molar-refractivity contribution in [2.75, 3.05) is 18.8 Å². The summed E-state index contributed by atoms with van der Waals surface area (Å²) in [5, 5.41) is 9.59. The lowest BCUT2D eigenvalue weighted by Gasteiger charge is -2.20. The van der Waals surface area contributed by atoms with Crippen molar-refractivity contribution in [3.63, 3.8) is 0 Å². The van der Waals surface area contributed by atoms with Crippen molar-refractivity contribution in [1.82, 2.24) is 20.1 Å². The topological polar surface area (TPSA) is 61.9 Å². The number of rotatable bonds is 8. The predicted molar refractivity (Wildman–Crippen MR) is 97.4 cm³/mol. The maximum Gasteiger partial charge on any atom is 0.233 e. The Morgan fingerprint density at radius 1 is 1.52 bits per heavy atom. The molecule has 0 fully saturated rings. The van der Waals surface area contributed by atoms with E-state index in [0.29, 0.717) is 29.8 Å². The summed E-state index contributed by atoms with van der Waals surface area (Å²) < 4.78 is 0. The van der Waals surface area contributed by atoms with Crippen molar-refractivity contribution < 1.29 is 4.79 Å². The summed E-state index contributed by atoms with van der Waals surface area (Å²) in [5.74, 6) is 1.08. The standard InChI is InChI=1S/C16H20N4OS2/c1-4-20(10-12(2)3)15(21)11-23-16-17-14(18-19-16)8-7-13-6-5-9-22-13/h5-9H,2,4,10-11H2,1,3H3,(H,17,18,19). The van der Waals surface area contributed by atoms with E-state index in [-0.39, 0.29) is 5.91 Å². The molecule has 2 aromatic rings. The molecule has 0 saturated heterocycles. The van der Waals surface area contributed by atoms with Gasteiger partial charge in [0.15, 0.2) is 0 Å². The first-order chi connectivity index (χ1) is 11.1. The van der Waals surface area contributed by atoms with Crippen molar-refractivity contribution in [2.24, 2.45) is 0 Å². The van der Waals surface area contributed by atoms with Crippen LogP contribution >= 0.6 is 23.1 Å². The van der Waals surface area contributed by atoms with E-state index >= 15 is 0 Å². The van der Waals surface area contributed by atoms with E-state index < -0.39 is 0 Å². The van der Waals surface area contributed by atoms with Crippen LogP contribution in [0.3, 0.4) is 0 Å². The molecule has 23 heavy (non-hydrogen) atoms. The first-order valence-corrected chi connectivity index (χ1v) is 9.14. The van der Waals surface area contributed by atoms with Crippen molar-refractivity contribution >= 4 is 41.2 Å². The third-order valence-electron chi connectivity index (χ3n) is 2.95. The van der Waals surface area contributed by atoms with Crippen LogP contribution in [0.25, 0.3) is 12.2 Å². The summed E-state index contributed by atoms with van der Waals surface area (Å²) in [6, 6.07) is 4.04. The Morgan fingerprint density at radius 3 is 3.00 bits per heavy atom. The Balaban J connectivity index is 1.86. The van der Waals surface area contributed by atoms with Gasteiger partial charge in [-0.15, -0.1) is 16.4 Å². The molecule has 0 aliphatic heterocycles. The number of nitrogens with one attached hydrogen (secondary N) is 1. The molecule has 1 N–H and O–H groups in total. The van der Waals surface area contributed by atoms with Gasteiger partial charge >= 0.3 is 0 Å². The predicted octanol–water partition coefficient (Wildman–Crippen LogP) is 3.55. The molecule has 2 aromatic heterocycles. The Hall–Kier alpha value is -1.86. The van der Waals surface area contributed by atoms with E-state index in [9.17, 15) is 4.79 Å². The normalized spacial score (nSPS) is 11.0. The van der Waals surface area contributed by atoms with E-state index in [0.717, 1.165) is 10.5 Å². The van der Waals surface area contributed by atoms with E-state index in [4.69, 9.17) is 0 Å². The molecule has 0 saturated carbocycles. The smallest absolute Gasteiger partial charge is 0.233 e. The zero-order valence-corrected chi connectivity index (χ0v) is 14.9. The number of carbonyl (C=O) groups excluding carboxylic acids is 1. The minimum absolute atomic E-state index is 0.0703. The lowest BCUT2D eigenvalue weighted by atomic mass is 10.3. The second-order valence-electron chi connectivity index (χ2n) is 5.01. The van der Waals surface area contributed by atoms with Crippen LogP contribution in [0.5, 0.6) is 0 Å². The highest BCUT2D eigenvalue weighted by Gasteiger charge is 2.13. The zero-order chi connectivity index (χ0) is 16.7. The van der Waals surface area contributed by atoms with Gasteiger partial charge in [0.2, 0.25) is 11.1 Å². The molecule has 122 valence electrons. The molecule has 2 heterocycles. The molecule has 0 aliphatic carbocycles. The second-order valence-corrected chi connectivity index (χ2v) is 6.93. The van der Waals surface area contributed by atoms with Gasteiger partial charge in [0.05, 0.1) is 5.75 Å². The number of H-pyrrole nitrogens is 1. The number of thiophene rings is 1. The van der Waals surface area contributed by atoms with Crippen LogP contribution < -0.4 is 0 Å². The molecule has 1 amide bonds. The summed E-state index contributed by atoms with van der Waals surface area (Å²) in [5.41, 5.74) is 0.976. The molecule has 0 aliphatic rings. The highest BCUT2D eigenvalue weighted by Crippen LogP contribution is 2.16. The van der Waals surface area contributed by atoms with Gasteiger partial charge in [-0.1, -0.05) is 30.0 Å². The van der Waals surface area contributed by atoms with Crippen LogP contribution in [0.2, 0.25) is 0 Å². The fourth-order valence-electron chi connectivity index (χ4n) is 1.86. The molecule has 0 atom stereocenters. The van der Waals surface area contributed by atoms with Crippen LogP contribution in [-0.2, 0) is 4.79 Å². The maximum atomic E-state index is 12.2. The van der Waals surface area contributed by atoms with Crippen molar-refractivity contribution in [3.05, 3.63) is 40.4 Å². The van der Waals surface area contributed by atoms with Gasteiger partial charge in [0, 0.05) is 18.0 Å². The van der Waals surface area contributed by atoms with Gasteiger partial charge in [-0.25, -0.2) is 4.98 Å². The zero-order valence-electron chi connectivity index (χ0n) is 13.3. The third-order valence-corrected chi connectivity index (χ3v) is 4.62. The molecule has 2 rings (SSSR count). The number of amides is 1. The first-order valence-electron chi connectivity index (χ1n) is 7.27. The summed E-state index contributed by atoms with van der Waals surface area (Å²) in [6.07, 6.45) is 3.86. The molecule has 5 nitrogen and oxygen atoms in total. The minimum Gasteiger partial charge on any atom is -0.338 e. The molecule has 0 radical (unpaired) electrons. The van der Waals surface area contributed by atoms with E-state index in [1.807, 2.05) is 43.5 Å². The Morgan fingerprint density at radius 2 is 2.35 bits per heavy atom. The number of thioether (sulfide) groups is 1. The first kappa shape index (κ1) is 17.5. The summed E-state index contributed by atoms with van der Waals surface area (Å²) in [4.78, 5) is 19.4. The monoisotopic (exact) mass is 348 g/mol. The highest BCUT2D eigenvalue weighted by atomic mass is 32.2. The minimum atomic E-state index is 0.0703. The number of carbonyl (C=O) groups is 1. The quantitative estimate of drug-likeness (QED) is 0.585. The van der Waals surface area contributed by atoms with E-state index in [1.54, 1.807) is 16.2 Å². The van der Waals surface area contributed by atoms with Gasteiger partial charge in [0.1, 0.15) is 5.82 Å². The highest BCUT2D eigenvalue weighted by molar-refractivity contribution is 7.99. The molecular weight excluding hydrogens is 328 g/mol. The van der Waals surface area contributed by atoms with Gasteiger partial charge < -0.3 is 4.90 Å². The molecule has 0 aromatic carbocycles. The Kier molecular flexibility index (Phi) is 6.61. The number of hydrogen-bond acceptors (Lipinski definition) is 5. The summed E-state index contributed by atoms with van der Waals surface area (Å²) in [7, 11) is 0. The SMILES string of the molecule is C=C(C)CN(CC)C(=O)CSc1n[nH]c(C=Cc2cccs2)n1. The van der Waals surface area contributed by atoms with Crippen LogP contribution in [0.4, 0.5) is 0 Å². The van der Waals surface area contributed by atoms with E-state index in [1.165, 1.54) is 11.8 Å². The lowest BCUT2D eigenvalue weighted by molar-refractivity contribution is -0.127. The molecule has 0 unspecified atom stereocenters. The van der Waals surface area contributed by atoms with Gasteiger partial charge in [0.25, 0.3) is 0 Å². The Labute approximate surface area is 144 Å². The fourth-order valence-corrected chi connectivity index (χ4v) is 3.19. The summed E-state index contributed by atoms with van der Waals surface area (Å²) in [6.45, 7) is 9.01. The lowest BCUT2D eigenvalue weighted by Crippen LogP contribution is -2.33. The van der Waals surface area contributed by atoms with Crippen molar-refractivity contribution in [2.45, 2.75) is 19.0 Å². The molecule has 0 bridgehead atoms. The van der Waals surface area contributed by atoms with Gasteiger partial charge in [-0.3, -0.25) is 9.89 Å². The van der Waals surface area contributed by atoms with Crippen LogP contribution in [-0.4, -0.2) is 44.8 Å². The second kappa shape index (κ2) is 8.69. The number of aromatic nitrogens is 3. The Bertz CT molecular complexity index is 676. The van der Waals surface area contributed by atoms with Crippen LogP contribution in [0, 0.1) is 0 Å². The number of hydrogen-bond donors (Lipinski definition) is 1. The molecule has 0 spiro atoms. The van der Waals surface area contributed by atoms with Crippen LogP contribution in [0.15, 0.2) is 34.8 Å². The number of nitrogens with zero attached hydrogens (tertiary/aromatic N) is 3. The average Bonchev–Trinajstić information content (AvgIpc) is 3.19. The van der Waals surface area contributed by atoms with Gasteiger partial charge in [-0.05, 0) is 37.4 Å². The summed E-state index contributed by atoms with van der Waals surface area (Å²) >= 11 is 3.00. The number of aromatic amines is 1. The third kappa shape index (κ3) is 5.69. The largest absolute Gasteiger partial charge is 0.338 e. The van der Waals surface area contributed by atoms with Crippen LogP contribution in [0.1, 0.15) is 24.5 Å². The average molecular weight is 348 g/mol. The molecular formula is C16H20N4OS2. The van der Waals surface area contributed by atoms with Crippen molar-refractivity contribution in [1.29, 1.82) is 0 Å². The maximum absolute atomic E-state index is 12.2. The molecule has 7 heteroatoms. The van der Waals surface area contributed by atoms with Crippen molar-refractivity contribution in [3.8, 4) is 0 Å². The van der Waals surface area contributed by atoms with Gasteiger partial charge in [-0.2, -0.15) is 0 Å². The van der Waals surface area contributed by atoms with E-state index in [2.05, 4.69) is 21.8 Å².